The van der Waals surface area contributed by atoms with Crippen molar-refractivity contribution in [1.29, 1.82) is 5.26 Å². The van der Waals surface area contributed by atoms with Gasteiger partial charge in [0.15, 0.2) is 5.71 Å². The van der Waals surface area contributed by atoms with Crippen molar-refractivity contribution in [3.05, 3.63) is 35.9 Å². The zero-order chi connectivity index (χ0) is 15.9. The molecule has 0 aliphatic rings. The van der Waals surface area contributed by atoms with Crippen LogP contribution in [0.2, 0.25) is 0 Å². The summed E-state index contributed by atoms with van der Waals surface area (Å²) in [5, 5.41) is 12.1. The molecule has 0 aliphatic carbocycles. The summed E-state index contributed by atoms with van der Waals surface area (Å²) < 4.78 is 41.3. The predicted molar refractivity (Wildman–Crippen MR) is 66.3 cm³/mol. The number of rotatable bonds is 4. The molecule has 0 amide bonds. The fraction of sp³-hybridized carbons (Fsp3) is 0.308. The van der Waals surface area contributed by atoms with Crippen molar-refractivity contribution < 1.29 is 27.5 Å². The monoisotopic (exact) mass is 300 g/mol. The van der Waals surface area contributed by atoms with E-state index in [9.17, 15) is 18.0 Å². The van der Waals surface area contributed by atoms with E-state index in [1.165, 1.54) is 19.1 Å². The van der Waals surface area contributed by atoms with Crippen LogP contribution in [0, 0.1) is 11.3 Å². The van der Waals surface area contributed by atoms with E-state index in [0.29, 0.717) is 5.56 Å². The number of benzene rings is 1. The Balaban J connectivity index is 2.71. The van der Waals surface area contributed by atoms with Crippen LogP contribution in [0.5, 0.6) is 0 Å². The van der Waals surface area contributed by atoms with Gasteiger partial charge in [0.05, 0.1) is 0 Å². The Morgan fingerprint density at radius 1 is 1.38 bits per heavy atom. The lowest BCUT2D eigenvalue weighted by molar-refractivity contribution is -0.209. The van der Waals surface area contributed by atoms with Gasteiger partial charge in [-0.15, -0.1) is 0 Å². The number of nitrogens with zero attached hydrogens (tertiary/aromatic N) is 2. The Hall–Kier alpha value is -2.56. The molecular weight excluding hydrogens is 289 g/mol. The lowest BCUT2D eigenvalue weighted by Gasteiger charge is -2.17. The SMILES string of the molecule is CCC(OC(=O)ON=C(C#N)c1ccccc1)C(F)(F)F. The van der Waals surface area contributed by atoms with Crippen molar-refractivity contribution in [2.45, 2.75) is 25.6 Å². The second-order valence-electron chi connectivity index (χ2n) is 3.82. The third-order valence-electron chi connectivity index (χ3n) is 2.34. The third-order valence-corrected chi connectivity index (χ3v) is 2.34. The molecule has 112 valence electrons. The van der Waals surface area contributed by atoms with Gasteiger partial charge in [-0.2, -0.15) is 18.4 Å². The van der Waals surface area contributed by atoms with Crippen molar-refractivity contribution in [3.63, 3.8) is 0 Å². The largest absolute Gasteiger partial charge is 0.535 e. The maximum atomic E-state index is 12.4. The number of halogens is 3. The minimum absolute atomic E-state index is 0.257. The minimum Gasteiger partial charge on any atom is -0.420 e. The number of nitriles is 1. The summed E-state index contributed by atoms with van der Waals surface area (Å²) in [6.45, 7) is 1.21. The van der Waals surface area contributed by atoms with Gasteiger partial charge in [0.1, 0.15) is 6.07 Å². The molecule has 0 saturated carbocycles. The van der Waals surface area contributed by atoms with Crippen LogP contribution in [0.25, 0.3) is 0 Å². The van der Waals surface area contributed by atoms with E-state index >= 15 is 0 Å². The summed E-state index contributed by atoms with van der Waals surface area (Å²) in [4.78, 5) is 15.3. The molecule has 1 rings (SSSR count). The van der Waals surface area contributed by atoms with Crippen LogP contribution in [0.4, 0.5) is 18.0 Å². The number of hydrogen-bond acceptors (Lipinski definition) is 5. The third kappa shape index (κ3) is 5.14. The highest BCUT2D eigenvalue weighted by Crippen LogP contribution is 2.25. The molecular formula is C13H11F3N2O3. The van der Waals surface area contributed by atoms with Crippen molar-refractivity contribution in [1.82, 2.24) is 0 Å². The summed E-state index contributed by atoms with van der Waals surface area (Å²) in [6, 6.07) is 9.67. The molecule has 1 atom stereocenters. The Bertz CT molecular complexity index is 550. The molecule has 8 heteroatoms. The molecule has 0 spiro atoms. The van der Waals surface area contributed by atoms with Crippen LogP contribution in [-0.4, -0.2) is 24.1 Å². The van der Waals surface area contributed by atoms with Gasteiger partial charge >= 0.3 is 12.3 Å². The first-order valence-corrected chi connectivity index (χ1v) is 5.86. The van der Waals surface area contributed by atoms with E-state index in [1.807, 2.05) is 0 Å². The highest BCUT2D eigenvalue weighted by molar-refractivity contribution is 6.11. The molecule has 0 bridgehead atoms. The maximum absolute atomic E-state index is 12.4. The molecule has 0 radical (unpaired) electrons. The van der Waals surface area contributed by atoms with E-state index < -0.39 is 24.9 Å². The van der Waals surface area contributed by atoms with Gasteiger partial charge in [0.25, 0.3) is 0 Å². The van der Waals surface area contributed by atoms with E-state index in [1.54, 1.807) is 24.3 Å². The number of carbonyl (C=O) groups excluding carboxylic acids is 1. The average molecular weight is 300 g/mol. The maximum Gasteiger partial charge on any atom is 0.535 e. The summed E-state index contributed by atoms with van der Waals surface area (Å²) in [6.07, 6.45) is -9.04. The van der Waals surface area contributed by atoms with Gasteiger partial charge in [-0.05, 0) is 6.42 Å². The second kappa shape index (κ2) is 7.28. The Morgan fingerprint density at radius 2 is 2.00 bits per heavy atom. The fourth-order valence-electron chi connectivity index (χ4n) is 1.34. The molecule has 1 aromatic carbocycles. The van der Waals surface area contributed by atoms with Crippen LogP contribution in [0.1, 0.15) is 18.9 Å². The van der Waals surface area contributed by atoms with Crippen molar-refractivity contribution in [3.8, 4) is 6.07 Å². The predicted octanol–water partition coefficient (Wildman–Crippen LogP) is 3.41. The lowest BCUT2D eigenvalue weighted by Crippen LogP contribution is -2.33. The van der Waals surface area contributed by atoms with Gasteiger partial charge in [-0.1, -0.05) is 42.4 Å². The van der Waals surface area contributed by atoms with Crippen molar-refractivity contribution in [2.75, 3.05) is 0 Å². The van der Waals surface area contributed by atoms with Gasteiger partial charge in [0, 0.05) is 5.56 Å². The van der Waals surface area contributed by atoms with Gasteiger partial charge < -0.3 is 4.74 Å². The van der Waals surface area contributed by atoms with Gasteiger partial charge in [-0.25, -0.2) is 4.79 Å². The van der Waals surface area contributed by atoms with Gasteiger partial charge in [0.2, 0.25) is 6.10 Å². The first-order chi connectivity index (χ1) is 9.88. The molecule has 0 saturated heterocycles. The van der Waals surface area contributed by atoms with Crippen LogP contribution in [0.3, 0.4) is 0 Å². The Kier molecular flexibility index (Phi) is 5.72. The standard InChI is InChI=1S/C13H11F3N2O3/c1-2-11(13(14,15)16)20-12(19)21-18-10(8-17)9-6-4-3-5-7-9/h3-7,11H,2H2,1H3. The number of alkyl halides is 3. The fourth-order valence-corrected chi connectivity index (χ4v) is 1.34. The van der Waals surface area contributed by atoms with Crippen molar-refractivity contribution >= 4 is 11.9 Å². The first-order valence-electron chi connectivity index (χ1n) is 5.86. The number of ether oxygens (including phenoxy) is 1. The molecule has 0 N–H and O–H groups in total. The van der Waals surface area contributed by atoms with Crippen LogP contribution >= 0.6 is 0 Å². The number of carbonyl (C=O) groups is 1. The van der Waals surface area contributed by atoms with E-state index in [2.05, 4.69) is 14.7 Å². The van der Waals surface area contributed by atoms with Crippen LogP contribution in [-0.2, 0) is 9.57 Å². The summed E-state index contributed by atoms with van der Waals surface area (Å²) in [5.74, 6) is 0. The quantitative estimate of drug-likeness (QED) is 0.370. The lowest BCUT2D eigenvalue weighted by atomic mass is 10.1. The zero-order valence-electron chi connectivity index (χ0n) is 10.9. The molecule has 21 heavy (non-hydrogen) atoms. The first kappa shape index (κ1) is 16.5. The summed E-state index contributed by atoms with van der Waals surface area (Å²) in [5.41, 5.74) is 0.100. The number of hydrogen-bond donors (Lipinski definition) is 0. The minimum atomic E-state index is -4.69. The van der Waals surface area contributed by atoms with Crippen LogP contribution < -0.4 is 0 Å². The zero-order valence-corrected chi connectivity index (χ0v) is 10.9. The Morgan fingerprint density at radius 3 is 2.48 bits per heavy atom. The summed E-state index contributed by atoms with van der Waals surface area (Å²) in [7, 11) is 0. The van der Waals surface area contributed by atoms with E-state index in [4.69, 9.17) is 5.26 Å². The molecule has 5 nitrogen and oxygen atoms in total. The smallest absolute Gasteiger partial charge is 0.420 e. The molecule has 0 fully saturated rings. The highest BCUT2D eigenvalue weighted by atomic mass is 19.4. The molecule has 0 heterocycles. The second-order valence-corrected chi connectivity index (χ2v) is 3.82. The molecule has 1 unspecified atom stereocenters. The van der Waals surface area contributed by atoms with E-state index in [-0.39, 0.29) is 5.71 Å². The molecule has 1 aromatic rings. The highest BCUT2D eigenvalue weighted by Gasteiger charge is 2.42. The summed E-state index contributed by atoms with van der Waals surface area (Å²) >= 11 is 0. The van der Waals surface area contributed by atoms with Crippen molar-refractivity contribution in [2.24, 2.45) is 5.16 Å². The molecule has 0 aromatic heterocycles. The average Bonchev–Trinajstić information content (AvgIpc) is 2.45. The van der Waals surface area contributed by atoms with Crippen LogP contribution in [0.15, 0.2) is 35.5 Å². The topological polar surface area (TPSA) is 71.7 Å². The van der Waals surface area contributed by atoms with Gasteiger partial charge in [-0.3, -0.25) is 4.84 Å². The normalized spacial score (nSPS) is 13.2. The Labute approximate surface area is 118 Å². The van der Waals surface area contributed by atoms with E-state index in [0.717, 1.165) is 0 Å². The molecule has 0 aliphatic heterocycles. The number of oxime groups is 1.